The van der Waals surface area contributed by atoms with Gasteiger partial charge in [0.05, 0.1) is 5.69 Å². The lowest BCUT2D eigenvalue weighted by Gasteiger charge is -2.12. The molecule has 2 aromatic carbocycles. The fourth-order valence-electron chi connectivity index (χ4n) is 2.88. The van der Waals surface area contributed by atoms with Crippen LogP contribution in [0.1, 0.15) is 0 Å². The molecular formula is C19H16N4O. The lowest BCUT2D eigenvalue weighted by molar-refractivity contribution is 1.25. The number of hydrogen-bond donors (Lipinski definition) is 3. The minimum atomic E-state index is -0.124. The Morgan fingerprint density at radius 1 is 0.917 bits per heavy atom. The molecular weight excluding hydrogens is 300 g/mol. The van der Waals surface area contributed by atoms with Crippen LogP contribution in [0.4, 0.5) is 17.1 Å². The third-order valence-corrected chi connectivity index (χ3v) is 4.08. The first-order valence-electron chi connectivity index (χ1n) is 7.71. The van der Waals surface area contributed by atoms with Gasteiger partial charge in [-0.1, -0.05) is 18.2 Å². The van der Waals surface area contributed by atoms with Gasteiger partial charge in [-0.15, -0.1) is 0 Å². The summed E-state index contributed by atoms with van der Waals surface area (Å²) in [6.45, 7) is 0. The second kappa shape index (κ2) is 5.70. The lowest BCUT2D eigenvalue weighted by atomic mass is 10.1. The Morgan fingerprint density at radius 3 is 2.38 bits per heavy atom. The maximum absolute atomic E-state index is 12.2. The van der Waals surface area contributed by atoms with Gasteiger partial charge in [-0.3, -0.25) is 4.79 Å². The van der Waals surface area contributed by atoms with Gasteiger partial charge in [0.15, 0.2) is 0 Å². The highest BCUT2D eigenvalue weighted by Gasteiger charge is 2.10. The predicted octanol–water partition coefficient (Wildman–Crippen LogP) is 3.86. The van der Waals surface area contributed by atoms with Crippen LogP contribution in [0.3, 0.4) is 0 Å². The van der Waals surface area contributed by atoms with Crippen molar-refractivity contribution in [3.63, 3.8) is 0 Å². The molecule has 24 heavy (non-hydrogen) atoms. The smallest absolute Gasteiger partial charge is 0.257 e. The van der Waals surface area contributed by atoms with Crippen LogP contribution in [-0.2, 0) is 0 Å². The molecule has 118 valence electrons. The summed E-state index contributed by atoms with van der Waals surface area (Å²) in [5.41, 5.74) is 3.38. The quantitative estimate of drug-likeness (QED) is 0.502. The van der Waals surface area contributed by atoms with Gasteiger partial charge in [-0.05, 0) is 36.4 Å². The minimum absolute atomic E-state index is 0.124. The molecule has 2 aromatic heterocycles. The summed E-state index contributed by atoms with van der Waals surface area (Å²) in [7, 11) is 1.89. The number of hydrogen-bond acceptors (Lipinski definition) is 4. The van der Waals surface area contributed by atoms with Gasteiger partial charge in [0, 0.05) is 40.8 Å². The van der Waals surface area contributed by atoms with Crippen molar-refractivity contribution in [2.24, 2.45) is 0 Å². The van der Waals surface area contributed by atoms with Crippen LogP contribution in [0.2, 0.25) is 0 Å². The van der Waals surface area contributed by atoms with Crippen molar-refractivity contribution < 1.29 is 0 Å². The number of nitrogens with one attached hydrogen (secondary N) is 3. The van der Waals surface area contributed by atoms with Crippen molar-refractivity contribution in [1.29, 1.82) is 0 Å². The number of aromatic nitrogens is 2. The van der Waals surface area contributed by atoms with Crippen LogP contribution in [0, 0.1) is 0 Å². The van der Waals surface area contributed by atoms with Crippen LogP contribution < -0.4 is 16.2 Å². The van der Waals surface area contributed by atoms with Gasteiger partial charge in [-0.2, -0.15) is 0 Å². The van der Waals surface area contributed by atoms with Crippen LogP contribution in [0.25, 0.3) is 21.8 Å². The van der Waals surface area contributed by atoms with Gasteiger partial charge in [0.1, 0.15) is 5.65 Å². The molecule has 0 amide bonds. The maximum atomic E-state index is 12.2. The molecule has 0 aliphatic heterocycles. The second-order valence-corrected chi connectivity index (χ2v) is 5.53. The summed E-state index contributed by atoms with van der Waals surface area (Å²) in [5, 5.41) is 8.97. The van der Waals surface area contributed by atoms with Crippen molar-refractivity contribution >= 4 is 38.9 Å². The summed E-state index contributed by atoms with van der Waals surface area (Å²) in [4.78, 5) is 19.4. The molecule has 4 rings (SSSR count). The highest BCUT2D eigenvalue weighted by Crippen LogP contribution is 2.29. The molecule has 0 radical (unpaired) electrons. The zero-order chi connectivity index (χ0) is 16.5. The van der Waals surface area contributed by atoms with Crippen LogP contribution in [0.5, 0.6) is 0 Å². The van der Waals surface area contributed by atoms with Gasteiger partial charge in [-0.25, -0.2) is 4.98 Å². The molecule has 0 fully saturated rings. The number of H-pyrrole nitrogens is 1. The predicted molar refractivity (Wildman–Crippen MR) is 99.1 cm³/mol. The Morgan fingerprint density at radius 2 is 1.62 bits per heavy atom. The van der Waals surface area contributed by atoms with Crippen LogP contribution in [0.15, 0.2) is 65.6 Å². The molecule has 2 heterocycles. The molecule has 0 atom stereocenters. The van der Waals surface area contributed by atoms with Crippen molar-refractivity contribution in [2.45, 2.75) is 0 Å². The number of fused-ring (bicyclic) bond motifs is 3. The van der Waals surface area contributed by atoms with E-state index in [1.165, 1.54) is 0 Å². The molecule has 0 bridgehead atoms. The normalized spacial score (nSPS) is 10.9. The Labute approximate surface area is 138 Å². The average Bonchev–Trinajstić information content (AvgIpc) is 2.62. The maximum Gasteiger partial charge on any atom is 0.257 e. The molecule has 0 aliphatic carbocycles. The molecule has 0 saturated carbocycles. The monoisotopic (exact) mass is 316 g/mol. The zero-order valence-corrected chi connectivity index (χ0v) is 13.1. The topological polar surface area (TPSA) is 69.8 Å². The number of aromatic amines is 1. The molecule has 4 aromatic rings. The van der Waals surface area contributed by atoms with E-state index in [-0.39, 0.29) is 5.56 Å². The van der Waals surface area contributed by atoms with Crippen molar-refractivity contribution in [2.75, 3.05) is 17.7 Å². The van der Waals surface area contributed by atoms with Crippen LogP contribution in [-0.4, -0.2) is 17.0 Å². The molecule has 5 nitrogen and oxygen atoms in total. The first-order chi connectivity index (χ1) is 11.8. The molecule has 0 saturated heterocycles. The Balaban J connectivity index is 1.91. The zero-order valence-electron chi connectivity index (χ0n) is 13.1. The highest BCUT2D eigenvalue weighted by molar-refractivity contribution is 6.10. The van der Waals surface area contributed by atoms with E-state index in [1.807, 2.05) is 61.6 Å². The van der Waals surface area contributed by atoms with Crippen molar-refractivity contribution in [3.8, 4) is 0 Å². The summed E-state index contributed by atoms with van der Waals surface area (Å²) >= 11 is 0. The van der Waals surface area contributed by atoms with Crippen molar-refractivity contribution in [3.05, 3.63) is 71.1 Å². The summed E-state index contributed by atoms with van der Waals surface area (Å²) in [6.07, 6.45) is 1.69. The number of pyridine rings is 2. The molecule has 0 spiro atoms. The molecule has 0 aliphatic rings. The van der Waals surface area contributed by atoms with Crippen LogP contribution >= 0.6 is 0 Å². The first-order valence-corrected chi connectivity index (χ1v) is 7.71. The lowest BCUT2D eigenvalue weighted by Crippen LogP contribution is -2.08. The summed E-state index contributed by atoms with van der Waals surface area (Å²) < 4.78 is 0. The Bertz CT molecular complexity index is 1080. The molecule has 3 N–H and O–H groups in total. The fraction of sp³-hybridized carbons (Fsp3) is 0.0526. The second-order valence-electron chi connectivity index (χ2n) is 5.53. The van der Waals surface area contributed by atoms with E-state index in [4.69, 9.17) is 0 Å². The summed E-state index contributed by atoms with van der Waals surface area (Å²) in [5.74, 6) is 0. The van der Waals surface area contributed by atoms with Gasteiger partial charge < -0.3 is 15.6 Å². The van der Waals surface area contributed by atoms with E-state index in [9.17, 15) is 4.79 Å². The highest BCUT2D eigenvalue weighted by atomic mass is 16.1. The van der Waals surface area contributed by atoms with E-state index < -0.39 is 0 Å². The number of benzene rings is 2. The Kier molecular flexibility index (Phi) is 3.39. The van der Waals surface area contributed by atoms with Gasteiger partial charge in [0.25, 0.3) is 5.56 Å². The third kappa shape index (κ3) is 2.36. The fourth-order valence-corrected chi connectivity index (χ4v) is 2.88. The Hall–Kier alpha value is -3.34. The van der Waals surface area contributed by atoms with Gasteiger partial charge >= 0.3 is 0 Å². The number of rotatable bonds is 3. The van der Waals surface area contributed by atoms with E-state index in [1.54, 1.807) is 6.20 Å². The first kappa shape index (κ1) is 14.3. The van der Waals surface area contributed by atoms with E-state index in [0.717, 1.165) is 27.8 Å². The number of anilines is 3. The minimum Gasteiger partial charge on any atom is -0.388 e. The molecule has 5 heteroatoms. The van der Waals surface area contributed by atoms with Gasteiger partial charge in [0.2, 0.25) is 0 Å². The van der Waals surface area contributed by atoms with Crippen molar-refractivity contribution in [1.82, 2.24) is 9.97 Å². The number of nitrogens with zero attached hydrogens (tertiary/aromatic N) is 1. The largest absolute Gasteiger partial charge is 0.388 e. The third-order valence-electron chi connectivity index (χ3n) is 4.08. The summed E-state index contributed by atoms with van der Waals surface area (Å²) in [6, 6.07) is 17.5. The van der Waals surface area contributed by atoms with E-state index >= 15 is 0 Å². The van der Waals surface area contributed by atoms with E-state index in [0.29, 0.717) is 11.0 Å². The SMILES string of the molecule is CNc1ccc(Nc2ccnc3[nH]c(=O)c4ccccc4c23)cc1. The standard InChI is InChI=1S/C19H16N4O/c1-20-12-6-8-13(9-7-12)22-16-10-11-21-18-17(16)14-4-2-3-5-15(14)19(24)23-18/h2-11,20H,1H3,(H2,21,22,23,24). The molecule has 0 unspecified atom stereocenters. The average molecular weight is 316 g/mol. The van der Waals surface area contributed by atoms with E-state index in [2.05, 4.69) is 20.6 Å².